The molecule has 0 saturated carbocycles. The zero-order valence-electron chi connectivity index (χ0n) is 8.13. The second-order valence-electron chi connectivity index (χ2n) is 3.21. The summed E-state index contributed by atoms with van der Waals surface area (Å²) < 4.78 is 1.52. The Morgan fingerprint density at radius 3 is 2.73 bits per heavy atom. The van der Waals surface area contributed by atoms with Crippen molar-refractivity contribution in [3.8, 4) is 0 Å². The van der Waals surface area contributed by atoms with E-state index < -0.39 is 6.10 Å². The maximum absolute atomic E-state index is 10.1. The Morgan fingerprint density at radius 1 is 1.40 bits per heavy atom. The zero-order chi connectivity index (χ0) is 10.8. The molecule has 2 rings (SSSR count). The topological polar surface area (TPSA) is 50.9 Å². The minimum Gasteiger partial charge on any atom is -0.382 e. The lowest BCUT2D eigenvalue weighted by Crippen LogP contribution is -2.06. The van der Waals surface area contributed by atoms with E-state index in [2.05, 4.69) is 10.3 Å². The molecule has 1 aromatic carbocycles. The van der Waals surface area contributed by atoms with Crippen molar-refractivity contribution in [1.82, 2.24) is 15.0 Å². The summed E-state index contributed by atoms with van der Waals surface area (Å²) in [4.78, 5) is 0. The van der Waals surface area contributed by atoms with Gasteiger partial charge in [0.25, 0.3) is 0 Å². The lowest BCUT2D eigenvalue weighted by molar-refractivity contribution is 0.210. The number of halogens is 1. The summed E-state index contributed by atoms with van der Waals surface area (Å²) in [5, 5.41) is 18.1. The number of aromatic nitrogens is 3. The van der Waals surface area contributed by atoms with Gasteiger partial charge < -0.3 is 5.11 Å². The molecule has 0 aliphatic rings. The van der Waals surface area contributed by atoms with Crippen LogP contribution in [0.15, 0.2) is 30.5 Å². The summed E-state index contributed by atoms with van der Waals surface area (Å²) in [6.07, 6.45) is 0.729. The van der Waals surface area contributed by atoms with Crippen molar-refractivity contribution in [1.29, 1.82) is 0 Å². The first-order valence-electron chi connectivity index (χ1n) is 4.47. The van der Waals surface area contributed by atoms with Crippen molar-refractivity contribution in [2.24, 2.45) is 7.05 Å². The number of rotatable bonds is 2. The van der Waals surface area contributed by atoms with Gasteiger partial charge in [-0.2, -0.15) is 0 Å². The summed E-state index contributed by atoms with van der Waals surface area (Å²) in [5.41, 5.74) is 1.27. The molecule has 0 amide bonds. The highest BCUT2D eigenvalue weighted by atomic mass is 35.5. The smallest absolute Gasteiger partial charge is 0.124 e. The van der Waals surface area contributed by atoms with Gasteiger partial charge in [-0.1, -0.05) is 35.0 Å². The second kappa shape index (κ2) is 4.00. The van der Waals surface area contributed by atoms with Gasteiger partial charge in [0.15, 0.2) is 0 Å². The van der Waals surface area contributed by atoms with Crippen LogP contribution in [0.4, 0.5) is 0 Å². The molecule has 1 unspecified atom stereocenters. The van der Waals surface area contributed by atoms with Crippen LogP contribution in [0.3, 0.4) is 0 Å². The molecule has 1 atom stereocenters. The number of hydrogen-bond donors (Lipinski definition) is 1. The molecule has 0 spiro atoms. The minimum absolute atomic E-state index is 0.534. The van der Waals surface area contributed by atoms with E-state index in [4.69, 9.17) is 11.6 Å². The summed E-state index contributed by atoms with van der Waals surface area (Å²) in [5.74, 6) is 0. The third-order valence-corrected chi connectivity index (χ3v) is 2.57. The number of aliphatic hydroxyl groups excluding tert-OH is 1. The van der Waals surface area contributed by atoms with E-state index in [1.54, 1.807) is 19.2 Å². The third-order valence-electron chi connectivity index (χ3n) is 2.23. The van der Waals surface area contributed by atoms with Gasteiger partial charge in [0.1, 0.15) is 6.10 Å². The lowest BCUT2D eigenvalue weighted by atomic mass is 10.1. The molecule has 1 N–H and O–H groups in total. The van der Waals surface area contributed by atoms with E-state index in [9.17, 15) is 5.11 Å². The fourth-order valence-electron chi connectivity index (χ4n) is 1.40. The van der Waals surface area contributed by atoms with E-state index >= 15 is 0 Å². The standard InChI is InChI=1S/C10H10ClN3O/c1-14-9(6-12-13-14)10(15)7-4-2-3-5-8(7)11/h2-6,10,15H,1H3. The number of aliphatic hydroxyl groups is 1. The van der Waals surface area contributed by atoms with Crippen LogP contribution < -0.4 is 0 Å². The molecule has 15 heavy (non-hydrogen) atoms. The van der Waals surface area contributed by atoms with Crippen molar-refractivity contribution >= 4 is 11.6 Å². The molecule has 1 heterocycles. The van der Waals surface area contributed by atoms with Crippen LogP contribution in [0.25, 0.3) is 0 Å². The molecule has 1 aromatic heterocycles. The summed E-state index contributed by atoms with van der Waals surface area (Å²) in [6, 6.07) is 7.16. The fourth-order valence-corrected chi connectivity index (χ4v) is 1.64. The van der Waals surface area contributed by atoms with Crippen molar-refractivity contribution in [2.45, 2.75) is 6.10 Å². The molecular formula is C10H10ClN3O. The summed E-state index contributed by atoms with van der Waals surface area (Å²) in [6.45, 7) is 0. The molecule has 0 aliphatic carbocycles. The number of hydrogen-bond acceptors (Lipinski definition) is 3. The van der Waals surface area contributed by atoms with Gasteiger partial charge in [0, 0.05) is 17.6 Å². The van der Waals surface area contributed by atoms with E-state index in [1.165, 1.54) is 10.9 Å². The maximum atomic E-state index is 10.1. The van der Waals surface area contributed by atoms with Gasteiger partial charge in [0.05, 0.1) is 11.9 Å². The molecule has 2 aromatic rings. The summed E-state index contributed by atoms with van der Waals surface area (Å²) in [7, 11) is 1.72. The first-order chi connectivity index (χ1) is 7.20. The highest BCUT2D eigenvalue weighted by Gasteiger charge is 2.16. The van der Waals surface area contributed by atoms with Crippen molar-refractivity contribution < 1.29 is 5.11 Å². The van der Waals surface area contributed by atoms with Crippen LogP contribution in [0, 0.1) is 0 Å². The van der Waals surface area contributed by atoms with Gasteiger partial charge in [-0.05, 0) is 6.07 Å². The van der Waals surface area contributed by atoms with Crippen LogP contribution in [0.2, 0.25) is 5.02 Å². The monoisotopic (exact) mass is 223 g/mol. The molecule has 0 radical (unpaired) electrons. The Hall–Kier alpha value is -1.39. The normalized spacial score (nSPS) is 12.7. The average molecular weight is 224 g/mol. The average Bonchev–Trinajstić information content (AvgIpc) is 2.64. The number of benzene rings is 1. The van der Waals surface area contributed by atoms with E-state index in [0.717, 1.165) is 0 Å². The van der Waals surface area contributed by atoms with Crippen LogP contribution in [-0.4, -0.2) is 20.1 Å². The maximum Gasteiger partial charge on any atom is 0.124 e. The van der Waals surface area contributed by atoms with Crippen LogP contribution >= 0.6 is 11.6 Å². The van der Waals surface area contributed by atoms with Gasteiger partial charge in [0.2, 0.25) is 0 Å². The molecule has 78 valence electrons. The zero-order valence-corrected chi connectivity index (χ0v) is 8.89. The first-order valence-corrected chi connectivity index (χ1v) is 4.85. The Morgan fingerprint density at radius 2 is 2.13 bits per heavy atom. The van der Waals surface area contributed by atoms with E-state index in [1.807, 2.05) is 12.1 Å². The largest absolute Gasteiger partial charge is 0.382 e. The van der Waals surface area contributed by atoms with E-state index in [0.29, 0.717) is 16.3 Å². The Kier molecular flexibility index (Phi) is 2.70. The minimum atomic E-state index is -0.793. The Balaban J connectivity index is 2.41. The molecule has 0 bridgehead atoms. The molecule has 4 nitrogen and oxygen atoms in total. The van der Waals surface area contributed by atoms with Crippen LogP contribution in [0.5, 0.6) is 0 Å². The van der Waals surface area contributed by atoms with Crippen molar-refractivity contribution in [3.63, 3.8) is 0 Å². The fraction of sp³-hybridized carbons (Fsp3) is 0.200. The lowest BCUT2D eigenvalue weighted by Gasteiger charge is -2.11. The highest BCUT2D eigenvalue weighted by molar-refractivity contribution is 6.31. The predicted octanol–water partition coefficient (Wildman–Crippen LogP) is 1.55. The van der Waals surface area contributed by atoms with Crippen LogP contribution in [-0.2, 0) is 7.05 Å². The molecule has 0 aliphatic heterocycles. The molecular weight excluding hydrogens is 214 g/mol. The quantitative estimate of drug-likeness (QED) is 0.841. The molecule has 5 heteroatoms. The predicted molar refractivity (Wildman–Crippen MR) is 56.5 cm³/mol. The number of nitrogens with zero attached hydrogens (tertiary/aromatic N) is 3. The first kappa shape index (κ1) is 10.1. The second-order valence-corrected chi connectivity index (χ2v) is 3.61. The van der Waals surface area contributed by atoms with Gasteiger partial charge >= 0.3 is 0 Å². The molecule has 0 fully saturated rings. The number of aryl methyl sites for hydroxylation is 1. The highest BCUT2D eigenvalue weighted by Crippen LogP contribution is 2.26. The third kappa shape index (κ3) is 1.86. The summed E-state index contributed by atoms with van der Waals surface area (Å²) >= 11 is 5.98. The van der Waals surface area contributed by atoms with Crippen molar-refractivity contribution in [3.05, 3.63) is 46.7 Å². The van der Waals surface area contributed by atoms with Gasteiger partial charge in [-0.25, -0.2) is 4.68 Å². The SMILES string of the molecule is Cn1nncc1C(O)c1ccccc1Cl. The van der Waals surface area contributed by atoms with Crippen LogP contribution in [0.1, 0.15) is 17.4 Å². The van der Waals surface area contributed by atoms with Crippen molar-refractivity contribution in [2.75, 3.05) is 0 Å². The van der Waals surface area contributed by atoms with Gasteiger partial charge in [-0.3, -0.25) is 0 Å². The Bertz CT molecular complexity index is 469. The van der Waals surface area contributed by atoms with E-state index in [-0.39, 0.29) is 0 Å². The Labute approximate surface area is 92.1 Å². The van der Waals surface area contributed by atoms with Gasteiger partial charge in [-0.15, -0.1) is 5.10 Å². The molecule has 0 saturated heterocycles.